The van der Waals surface area contributed by atoms with Gasteiger partial charge < -0.3 is 9.51 Å². The molecule has 1 fully saturated rings. The number of pyridine rings is 1. The van der Waals surface area contributed by atoms with Crippen molar-refractivity contribution in [1.82, 2.24) is 19.6 Å². The molecule has 166 valence electrons. The molecule has 4 aromatic rings. The first kappa shape index (κ1) is 21.5. The average molecular weight is 524 g/mol. The van der Waals surface area contributed by atoms with Gasteiger partial charge in [-0.3, -0.25) is 14.5 Å². The quantitative estimate of drug-likeness (QED) is 0.241. The second kappa shape index (κ2) is 7.89. The molecule has 5 rings (SSSR count). The van der Waals surface area contributed by atoms with Crippen molar-refractivity contribution < 1.29 is 14.7 Å². The number of halogens is 1. The van der Waals surface area contributed by atoms with E-state index in [1.165, 1.54) is 16.2 Å². The highest BCUT2D eigenvalue weighted by Crippen LogP contribution is 2.43. The molecule has 0 radical (unpaired) electrons. The lowest BCUT2D eigenvalue weighted by atomic mass is 9.96. The molecule has 1 saturated heterocycles. The van der Waals surface area contributed by atoms with Gasteiger partial charge >= 0.3 is 5.91 Å². The Morgan fingerprint density at radius 2 is 1.82 bits per heavy atom. The predicted octanol–water partition coefficient (Wildman–Crippen LogP) is 4.50. The molecule has 1 amide bonds. The van der Waals surface area contributed by atoms with Crippen molar-refractivity contribution in [1.29, 1.82) is 0 Å². The minimum absolute atomic E-state index is 0.0284. The van der Waals surface area contributed by atoms with E-state index in [1.807, 2.05) is 48.7 Å². The summed E-state index contributed by atoms with van der Waals surface area (Å²) in [5, 5.41) is 20.5. The second-order valence-electron chi connectivity index (χ2n) is 7.75. The molecule has 8 nitrogen and oxygen atoms in total. The molecule has 1 aromatic carbocycles. The topological polar surface area (TPSA) is 101 Å². The number of nitrogens with zero attached hydrogens (tertiary/aromatic N) is 5. The van der Waals surface area contributed by atoms with Gasteiger partial charge in [0, 0.05) is 10.7 Å². The highest BCUT2D eigenvalue weighted by atomic mass is 79.9. The van der Waals surface area contributed by atoms with Crippen molar-refractivity contribution in [3.63, 3.8) is 0 Å². The van der Waals surface area contributed by atoms with E-state index in [2.05, 4.69) is 31.1 Å². The number of aromatic nitrogens is 4. The van der Waals surface area contributed by atoms with Gasteiger partial charge in [0.2, 0.25) is 5.13 Å². The fourth-order valence-electron chi connectivity index (χ4n) is 4.05. The van der Waals surface area contributed by atoms with Gasteiger partial charge in [-0.2, -0.15) is 0 Å². The lowest BCUT2D eigenvalue weighted by molar-refractivity contribution is -0.132. The Hall–Kier alpha value is -3.37. The van der Waals surface area contributed by atoms with Crippen LogP contribution in [0.25, 0.3) is 11.4 Å². The molecule has 1 aliphatic rings. The van der Waals surface area contributed by atoms with Crippen LogP contribution in [0.3, 0.4) is 0 Å². The number of amides is 1. The number of carbonyl (C=O) groups excluding carboxylic acids is 2. The van der Waals surface area contributed by atoms with Crippen LogP contribution in [0, 0.1) is 20.8 Å². The number of fused-ring (bicyclic) bond motifs is 1. The summed E-state index contributed by atoms with van der Waals surface area (Å²) in [5.41, 5.74) is 3.15. The molecule has 0 bridgehead atoms. The van der Waals surface area contributed by atoms with Crippen molar-refractivity contribution in [3.05, 3.63) is 80.2 Å². The smallest absolute Gasteiger partial charge is 0.301 e. The maximum absolute atomic E-state index is 13.3. The zero-order valence-electron chi connectivity index (χ0n) is 17.9. The maximum atomic E-state index is 13.3. The number of carbonyl (C=O) groups is 2. The lowest BCUT2D eigenvalue weighted by Gasteiger charge is -2.22. The fraction of sp³-hybridized carbons (Fsp3) is 0.174. The number of benzene rings is 1. The lowest BCUT2D eigenvalue weighted by Crippen LogP contribution is -2.29. The van der Waals surface area contributed by atoms with E-state index in [4.69, 9.17) is 0 Å². The summed E-state index contributed by atoms with van der Waals surface area (Å²) >= 11 is 4.62. The Labute approximate surface area is 201 Å². The van der Waals surface area contributed by atoms with Gasteiger partial charge in [-0.15, -0.1) is 10.2 Å². The summed E-state index contributed by atoms with van der Waals surface area (Å²) in [7, 11) is 0. The fourth-order valence-corrected chi connectivity index (χ4v) is 5.03. The van der Waals surface area contributed by atoms with Crippen molar-refractivity contribution in [2.45, 2.75) is 26.8 Å². The van der Waals surface area contributed by atoms with Crippen molar-refractivity contribution in [3.8, 4) is 0 Å². The molecule has 0 spiro atoms. The molecule has 4 heterocycles. The molecule has 10 heteroatoms. The number of Topliss-reactive ketones (excluding diaryl/α,β-unsaturated/α-hetero) is 1. The number of hydrogen-bond donors (Lipinski definition) is 1. The Morgan fingerprint density at radius 1 is 1.09 bits per heavy atom. The molecule has 33 heavy (non-hydrogen) atoms. The minimum atomic E-state index is -0.865. The Bertz CT molecular complexity index is 1470. The number of aryl methyl sites for hydroxylation is 3. The van der Waals surface area contributed by atoms with Gasteiger partial charge in [0.05, 0.1) is 17.3 Å². The van der Waals surface area contributed by atoms with Crippen molar-refractivity contribution in [2.24, 2.45) is 0 Å². The van der Waals surface area contributed by atoms with Crippen LogP contribution in [0.15, 0.2) is 52.6 Å². The summed E-state index contributed by atoms with van der Waals surface area (Å²) < 4.78 is 2.70. The van der Waals surface area contributed by atoms with Crippen LogP contribution < -0.4 is 4.90 Å². The summed E-state index contributed by atoms with van der Waals surface area (Å²) in [4.78, 5) is 32.3. The van der Waals surface area contributed by atoms with E-state index >= 15 is 0 Å². The number of aliphatic hydroxyl groups is 1. The number of ketones is 1. The van der Waals surface area contributed by atoms with Crippen molar-refractivity contribution in [2.75, 3.05) is 4.90 Å². The van der Waals surface area contributed by atoms with Gasteiger partial charge in [-0.05, 0) is 50.1 Å². The Balaban J connectivity index is 1.77. The molecule has 0 saturated carbocycles. The van der Waals surface area contributed by atoms with E-state index in [-0.39, 0.29) is 17.0 Å². The standard InChI is InChI=1S/C23H18BrN5O3S/c1-11-5-4-10-28-12(2)17(25-21(11)28)19(30)16-18(14-6-8-15(24)9-7-14)29(22(32)20(16)31)23-27-26-13(3)33-23/h4-10,18,30H,1-3H3/b19-16+. The highest BCUT2D eigenvalue weighted by molar-refractivity contribution is 9.10. The van der Waals surface area contributed by atoms with Gasteiger partial charge in [-0.1, -0.05) is 45.5 Å². The number of imidazole rings is 1. The van der Waals surface area contributed by atoms with Crippen LogP contribution in [0.2, 0.25) is 0 Å². The molecule has 1 aliphatic heterocycles. The zero-order chi connectivity index (χ0) is 23.4. The van der Waals surface area contributed by atoms with Crippen LogP contribution in [-0.2, 0) is 9.59 Å². The minimum Gasteiger partial charge on any atom is -0.505 e. The third kappa shape index (κ3) is 3.37. The Morgan fingerprint density at radius 3 is 2.45 bits per heavy atom. The highest BCUT2D eigenvalue weighted by Gasteiger charge is 2.48. The summed E-state index contributed by atoms with van der Waals surface area (Å²) in [5.74, 6) is -1.87. The van der Waals surface area contributed by atoms with E-state index in [0.717, 1.165) is 10.0 Å². The average Bonchev–Trinajstić information content (AvgIpc) is 3.44. The van der Waals surface area contributed by atoms with Crippen LogP contribution in [0.4, 0.5) is 5.13 Å². The van der Waals surface area contributed by atoms with Gasteiger partial charge in [0.25, 0.3) is 5.78 Å². The molecular formula is C23H18BrN5O3S. The first-order valence-corrected chi connectivity index (χ1v) is 11.7. The maximum Gasteiger partial charge on any atom is 0.301 e. The molecular weight excluding hydrogens is 506 g/mol. The van der Waals surface area contributed by atoms with E-state index in [0.29, 0.717) is 27.0 Å². The van der Waals surface area contributed by atoms with Gasteiger partial charge in [-0.25, -0.2) is 4.98 Å². The van der Waals surface area contributed by atoms with Crippen molar-refractivity contribution >= 4 is 55.5 Å². The van der Waals surface area contributed by atoms with Crippen LogP contribution >= 0.6 is 27.3 Å². The largest absolute Gasteiger partial charge is 0.505 e. The predicted molar refractivity (Wildman–Crippen MR) is 128 cm³/mol. The zero-order valence-corrected chi connectivity index (χ0v) is 20.3. The second-order valence-corrected chi connectivity index (χ2v) is 9.83. The SMILES string of the molecule is Cc1nnc(N2C(=O)C(=O)/C(=C(/O)c3nc4c(C)cccn4c3C)C2c2ccc(Br)cc2)s1. The first-order valence-electron chi connectivity index (χ1n) is 10.1. The number of hydrogen-bond acceptors (Lipinski definition) is 7. The van der Waals surface area contributed by atoms with Gasteiger partial charge in [0.15, 0.2) is 5.76 Å². The monoisotopic (exact) mass is 523 g/mol. The van der Waals surface area contributed by atoms with E-state index in [9.17, 15) is 14.7 Å². The number of rotatable bonds is 3. The van der Waals surface area contributed by atoms with E-state index < -0.39 is 17.7 Å². The number of anilines is 1. The van der Waals surface area contributed by atoms with Crippen LogP contribution in [0.1, 0.15) is 33.6 Å². The normalized spacial score (nSPS) is 17.9. The molecule has 1 atom stereocenters. The molecule has 1 unspecified atom stereocenters. The van der Waals surface area contributed by atoms with Crippen LogP contribution in [-0.4, -0.2) is 36.4 Å². The summed E-state index contributed by atoms with van der Waals surface area (Å²) in [6.07, 6.45) is 1.84. The molecule has 0 aliphatic carbocycles. The molecule has 1 N–H and O–H groups in total. The first-order chi connectivity index (χ1) is 15.8. The summed E-state index contributed by atoms with van der Waals surface area (Å²) in [6.45, 7) is 5.51. The van der Waals surface area contributed by atoms with Gasteiger partial charge in [0.1, 0.15) is 16.3 Å². The molecule has 3 aromatic heterocycles. The third-order valence-corrected chi connectivity index (χ3v) is 7.03. The third-order valence-electron chi connectivity index (χ3n) is 5.66. The van der Waals surface area contributed by atoms with E-state index in [1.54, 1.807) is 19.1 Å². The number of aliphatic hydroxyl groups excluding tert-OH is 1. The Kier molecular flexibility index (Phi) is 5.13. The summed E-state index contributed by atoms with van der Waals surface area (Å²) in [6, 6.07) is 10.2. The van der Waals surface area contributed by atoms with Crippen LogP contribution in [0.5, 0.6) is 0 Å².